The van der Waals surface area contributed by atoms with Crippen LogP contribution in [0, 0.1) is 0 Å². The number of hydrogen-bond acceptors (Lipinski definition) is 4. The molecule has 1 atom stereocenters. The van der Waals surface area contributed by atoms with Crippen LogP contribution in [0.5, 0.6) is 0 Å². The van der Waals surface area contributed by atoms with Crippen LogP contribution in [0.2, 0.25) is 0 Å². The fourth-order valence-electron chi connectivity index (χ4n) is 2.46. The Morgan fingerprint density at radius 1 is 1.47 bits per heavy atom. The molecule has 1 unspecified atom stereocenters. The summed E-state index contributed by atoms with van der Waals surface area (Å²) in [4.78, 5) is 10.5. The number of aromatic nitrogens is 2. The first-order chi connectivity index (χ1) is 7.27. The predicted octanol–water partition coefficient (Wildman–Crippen LogP) is 0.399. The van der Waals surface area contributed by atoms with Gasteiger partial charge in [-0.3, -0.25) is 0 Å². The zero-order valence-electron chi connectivity index (χ0n) is 9.19. The second-order valence-corrected chi connectivity index (χ2v) is 4.45. The quantitative estimate of drug-likeness (QED) is 0.761. The summed E-state index contributed by atoms with van der Waals surface area (Å²) in [5.41, 5.74) is 7.19. The second-order valence-electron chi connectivity index (χ2n) is 4.45. The summed E-state index contributed by atoms with van der Waals surface area (Å²) in [6, 6.07) is 0. The topological polar surface area (TPSA) is 55.0 Å². The van der Waals surface area contributed by atoms with Crippen LogP contribution < -0.4 is 5.73 Å². The van der Waals surface area contributed by atoms with Gasteiger partial charge in [-0.15, -0.1) is 0 Å². The van der Waals surface area contributed by atoms with Crippen LogP contribution in [0.1, 0.15) is 18.4 Å². The summed E-state index contributed by atoms with van der Waals surface area (Å²) in [5, 5.41) is 0. The molecule has 1 fully saturated rings. The highest BCUT2D eigenvalue weighted by molar-refractivity contribution is 5.21. The third kappa shape index (κ3) is 2.01. The lowest BCUT2D eigenvalue weighted by molar-refractivity contribution is 0.179. The third-order valence-corrected chi connectivity index (χ3v) is 3.33. The molecule has 2 rings (SSSR count). The minimum Gasteiger partial charge on any atom is -0.330 e. The van der Waals surface area contributed by atoms with Crippen molar-refractivity contribution in [1.82, 2.24) is 14.9 Å². The summed E-state index contributed by atoms with van der Waals surface area (Å²) in [5.74, 6) is 0. The molecular formula is C11H18N4. The van der Waals surface area contributed by atoms with E-state index in [4.69, 9.17) is 5.73 Å². The summed E-state index contributed by atoms with van der Waals surface area (Å²) in [6.07, 6.45) is 7.71. The molecule has 4 heteroatoms. The maximum atomic E-state index is 5.95. The Balaban J connectivity index is 2.28. The molecule has 0 radical (unpaired) electrons. The predicted molar refractivity (Wildman–Crippen MR) is 59.5 cm³/mol. The molecular weight excluding hydrogens is 188 g/mol. The Morgan fingerprint density at radius 3 is 2.80 bits per heavy atom. The van der Waals surface area contributed by atoms with E-state index in [1.165, 1.54) is 12.0 Å². The van der Waals surface area contributed by atoms with Crippen molar-refractivity contribution < 1.29 is 0 Å². The van der Waals surface area contributed by atoms with Gasteiger partial charge < -0.3 is 10.6 Å². The van der Waals surface area contributed by atoms with Gasteiger partial charge in [-0.25, -0.2) is 9.97 Å². The van der Waals surface area contributed by atoms with Crippen LogP contribution in [0.15, 0.2) is 18.7 Å². The summed E-state index contributed by atoms with van der Waals surface area (Å²) < 4.78 is 0. The molecule has 0 saturated carbocycles. The van der Waals surface area contributed by atoms with E-state index >= 15 is 0 Å². The molecule has 1 aliphatic heterocycles. The van der Waals surface area contributed by atoms with E-state index in [2.05, 4.69) is 21.9 Å². The number of rotatable bonds is 2. The molecule has 1 aromatic rings. The maximum Gasteiger partial charge on any atom is 0.115 e. The van der Waals surface area contributed by atoms with Crippen LogP contribution in [0.25, 0.3) is 0 Å². The Morgan fingerprint density at radius 2 is 2.20 bits per heavy atom. The van der Waals surface area contributed by atoms with Gasteiger partial charge in [0.15, 0.2) is 0 Å². The molecule has 1 aromatic heterocycles. The fourth-order valence-corrected chi connectivity index (χ4v) is 2.46. The number of hydrogen-bond donors (Lipinski definition) is 1. The standard InChI is InChI=1S/C11H18N4/c1-15-4-2-3-11(7-12,8-15)10-5-13-9-14-6-10/h5-6,9H,2-4,7-8,12H2,1H3. The van der Waals surface area contributed by atoms with Gasteiger partial charge in [0.05, 0.1) is 0 Å². The molecule has 1 saturated heterocycles. The third-order valence-electron chi connectivity index (χ3n) is 3.33. The highest BCUT2D eigenvalue weighted by atomic mass is 15.1. The normalized spacial score (nSPS) is 27.9. The first-order valence-corrected chi connectivity index (χ1v) is 5.41. The van der Waals surface area contributed by atoms with Gasteiger partial charge in [0.2, 0.25) is 0 Å². The lowest BCUT2D eigenvalue weighted by Gasteiger charge is -2.40. The molecule has 4 nitrogen and oxygen atoms in total. The van der Waals surface area contributed by atoms with E-state index < -0.39 is 0 Å². The van der Waals surface area contributed by atoms with Crippen LogP contribution >= 0.6 is 0 Å². The van der Waals surface area contributed by atoms with E-state index in [0.717, 1.165) is 19.5 Å². The molecule has 0 spiro atoms. The van der Waals surface area contributed by atoms with Crippen LogP contribution in [0.4, 0.5) is 0 Å². The summed E-state index contributed by atoms with van der Waals surface area (Å²) in [6.45, 7) is 2.84. The van der Waals surface area contributed by atoms with Crippen molar-refractivity contribution in [3.63, 3.8) is 0 Å². The van der Waals surface area contributed by atoms with E-state index in [9.17, 15) is 0 Å². The Labute approximate surface area is 90.5 Å². The molecule has 15 heavy (non-hydrogen) atoms. The number of nitrogens with zero attached hydrogens (tertiary/aromatic N) is 3. The highest BCUT2D eigenvalue weighted by Gasteiger charge is 2.35. The number of piperidine rings is 1. The molecule has 0 aliphatic carbocycles. The minimum atomic E-state index is 0.0637. The summed E-state index contributed by atoms with van der Waals surface area (Å²) in [7, 11) is 2.15. The average molecular weight is 206 g/mol. The van der Waals surface area contributed by atoms with Crippen LogP contribution in [0.3, 0.4) is 0 Å². The molecule has 0 aromatic carbocycles. The van der Waals surface area contributed by atoms with Crippen molar-refractivity contribution in [2.45, 2.75) is 18.3 Å². The van der Waals surface area contributed by atoms with Gasteiger partial charge in [0.25, 0.3) is 0 Å². The highest BCUT2D eigenvalue weighted by Crippen LogP contribution is 2.31. The molecule has 2 heterocycles. The van der Waals surface area contributed by atoms with Crippen LogP contribution in [-0.4, -0.2) is 41.5 Å². The molecule has 82 valence electrons. The molecule has 0 amide bonds. The van der Waals surface area contributed by atoms with E-state index in [0.29, 0.717) is 6.54 Å². The largest absolute Gasteiger partial charge is 0.330 e. The first kappa shape index (κ1) is 10.5. The number of nitrogens with two attached hydrogens (primary N) is 1. The number of likely N-dealkylation sites (N-methyl/N-ethyl adjacent to an activating group) is 1. The van der Waals surface area contributed by atoms with Crippen molar-refractivity contribution in [2.24, 2.45) is 5.73 Å². The van der Waals surface area contributed by atoms with Crippen molar-refractivity contribution in [1.29, 1.82) is 0 Å². The zero-order valence-corrected chi connectivity index (χ0v) is 9.19. The number of likely N-dealkylation sites (tertiary alicyclic amines) is 1. The van der Waals surface area contributed by atoms with Crippen LogP contribution in [-0.2, 0) is 5.41 Å². The van der Waals surface area contributed by atoms with Gasteiger partial charge in [-0.05, 0) is 32.0 Å². The second kappa shape index (κ2) is 4.24. The Bertz CT molecular complexity index is 314. The van der Waals surface area contributed by atoms with Crippen molar-refractivity contribution in [3.05, 3.63) is 24.3 Å². The van der Waals surface area contributed by atoms with Gasteiger partial charge in [0.1, 0.15) is 6.33 Å². The lowest BCUT2D eigenvalue weighted by atomic mass is 9.75. The molecule has 0 bridgehead atoms. The monoisotopic (exact) mass is 206 g/mol. The molecule has 1 aliphatic rings. The maximum absolute atomic E-state index is 5.95. The van der Waals surface area contributed by atoms with E-state index in [1.54, 1.807) is 6.33 Å². The van der Waals surface area contributed by atoms with Gasteiger partial charge in [0, 0.05) is 30.9 Å². The molecule has 2 N–H and O–H groups in total. The van der Waals surface area contributed by atoms with Crippen molar-refractivity contribution >= 4 is 0 Å². The fraction of sp³-hybridized carbons (Fsp3) is 0.636. The SMILES string of the molecule is CN1CCCC(CN)(c2cncnc2)C1. The van der Waals surface area contributed by atoms with E-state index in [-0.39, 0.29) is 5.41 Å². The lowest BCUT2D eigenvalue weighted by Crippen LogP contribution is -2.49. The Hall–Kier alpha value is -1.00. The van der Waals surface area contributed by atoms with Gasteiger partial charge >= 0.3 is 0 Å². The van der Waals surface area contributed by atoms with Gasteiger partial charge in [-0.2, -0.15) is 0 Å². The summed E-state index contributed by atoms with van der Waals surface area (Å²) >= 11 is 0. The average Bonchev–Trinajstić information content (AvgIpc) is 2.30. The first-order valence-electron chi connectivity index (χ1n) is 5.41. The Kier molecular flexibility index (Phi) is 2.98. The minimum absolute atomic E-state index is 0.0637. The van der Waals surface area contributed by atoms with Crippen molar-refractivity contribution in [3.8, 4) is 0 Å². The van der Waals surface area contributed by atoms with Gasteiger partial charge in [-0.1, -0.05) is 0 Å². The smallest absolute Gasteiger partial charge is 0.115 e. The van der Waals surface area contributed by atoms with E-state index in [1.807, 2.05) is 12.4 Å². The zero-order chi connectivity index (χ0) is 10.7. The van der Waals surface area contributed by atoms with Crippen molar-refractivity contribution in [2.75, 3.05) is 26.7 Å².